The van der Waals surface area contributed by atoms with Crippen LogP contribution >= 0.6 is 22.6 Å². The molecule has 0 spiro atoms. The van der Waals surface area contributed by atoms with Crippen molar-refractivity contribution in [2.75, 3.05) is 6.61 Å². The van der Waals surface area contributed by atoms with Gasteiger partial charge < -0.3 is 14.2 Å². The van der Waals surface area contributed by atoms with E-state index in [-0.39, 0.29) is 5.92 Å². The molecular formula is C22H23F2IO9S. The SMILES string of the molecule is CC(C)(CCOC(=O)C1C2CC3C(OC(=O)C31)C2OC(=O)c1ccc(I)cc1)C(F)(F)S(=O)(=O)O. The van der Waals surface area contributed by atoms with Gasteiger partial charge in [0.2, 0.25) is 0 Å². The number of fused-ring (bicyclic) bond motifs is 1. The lowest BCUT2D eigenvalue weighted by molar-refractivity contribution is -0.158. The summed E-state index contributed by atoms with van der Waals surface area (Å²) < 4.78 is 76.3. The molecule has 4 rings (SSSR count). The molecule has 0 amide bonds. The summed E-state index contributed by atoms with van der Waals surface area (Å²) >= 11 is 2.09. The smallest absolute Gasteiger partial charge is 0.375 e. The fourth-order valence-corrected chi connectivity index (χ4v) is 6.40. The van der Waals surface area contributed by atoms with E-state index in [1.54, 1.807) is 24.3 Å². The maximum absolute atomic E-state index is 14.1. The van der Waals surface area contributed by atoms with Crippen LogP contribution < -0.4 is 0 Å². The predicted molar refractivity (Wildman–Crippen MR) is 123 cm³/mol. The zero-order valence-corrected chi connectivity index (χ0v) is 21.6. The van der Waals surface area contributed by atoms with Gasteiger partial charge in [0.25, 0.3) is 0 Å². The van der Waals surface area contributed by atoms with Gasteiger partial charge in [-0.05, 0) is 59.7 Å². The number of ether oxygens (including phenoxy) is 3. The number of alkyl halides is 2. The second kappa shape index (κ2) is 8.91. The van der Waals surface area contributed by atoms with E-state index in [1.807, 2.05) is 0 Å². The molecule has 3 fully saturated rings. The number of hydrogen-bond acceptors (Lipinski definition) is 8. The lowest BCUT2D eigenvalue weighted by Gasteiger charge is -2.32. The van der Waals surface area contributed by atoms with Crippen LogP contribution in [0.5, 0.6) is 0 Å². The minimum Gasteiger partial charge on any atom is -0.465 e. The quantitative estimate of drug-likeness (QED) is 0.200. The molecule has 192 valence electrons. The first-order chi connectivity index (χ1) is 16.2. The molecule has 35 heavy (non-hydrogen) atoms. The summed E-state index contributed by atoms with van der Waals surface area (Å²) in [6, 6.07) is 6.65. The summed E-state index contributed by atoms with van der Waals surface area (Å²) in [6.07, 6.45) is -1.69. The lowest BCUT2D eigenvalue weighted by atomic mass is 9.78. The van der Waals surface area contributed by atoms with Crippen LogP contribution in [0.25, 0.3) is 0 Å². The summed E-state index contributed by atoms with van der Waals surface area (Å²) in [6.45, 7) is 1.28. The maximum atomic E-state index is 14.1. The van der Waals surface area contributed by atoms with E-state index in [0.29, 0.717) is 12.0 Å². The highest BCUT2D eigenvalue weighted by molar-refractivity contribution is 14.1. The van der Waals surface area contributed by atoms with Crippen molar-refractivity contribution in [3.05, 3.63) is 33.4 Å². The Morgan fingerprint density at radius 3 is 2.43 bits per heavy atom. The van der Waals surface area contributed by atoms with Gasteiger partial charge in [-0.15, -0.1) is 0 Å². The van der Waals surface area contributed by atoms with Crippen LogP contribution in [-0.2, 0) is 33.9 Å². The average Bonchev–Trinajstić information content (AvgIpc) is 3.37. The predicted octanol–water partition coefficient (Wildman–Crippen LogP) is 3.06. The van der Waals surface area contributed by atoms with E-state index in [0.717, 1.165) is 17.4 Å². The standard InChI is InChI=1S/C22H23F2IO9S/c1-21(2,22(23,24)35(29,30)31)7-8-32-19(27)14-12-9-13-15(14)20(28)34-17(13)16(12)33-18(26)10-3-5-11(25)6-4-10/h3-6,12-17H,7-9H2,1-2H3,(H,29,30,31). The zero-order chi connectivity index (χ0) is 25.9. The molecule has 1 aliphatic heterocycles. The third kappa shape index (κ3) is 4.43. The van der Waals surface area contributed by atoms with Gasteiger partial charge in [0.05, 0.1) is 24.0 Å². The fraction of sp³-hybridized carbons (Fsp3) is 0.591. The van der Waals surface area contributed by atoms with E-state index < -0.39 is 81.7 Å². The summed E-state index contributed by atoms with van der Waals surface area (Å²) in [7, 11) is -5.68. The number of hydrogen-bond donors (Lipinski definition) is 1. The van der Waals surface area contributed by atoms with Crippen molar-refractivity contribution in [2.24, 2.45) is 29.1 Å². The van der Waals surface area contributed by atoms with E-state index in [9.17, 15) is 31.6 Å². The van der Waals surface area contributed by atoms with E-state index in [1.165, 1.54) is 0 Å². The molecule has 1 N–H and O–H groups in total. The molecule has 1 saturated heterocycles. The van der Waals surface area contributed by atoms with E-state index in [4.69, 9.17) is 18.8 Å². The van der Waals surface area contributed by atoms with E-state index in [2.05, 4.69) is 22.6 Å². The van der Waals surface area contributed by atoms with Crippen LogP contribution in [0.15, 0.2) is 24.3 Å². The molecule has 2 bridgehead atoms. The number of rotatable bonds is 8. The number of carbonyl (C=O) groups is 3. The summed E-state index contributed by atoms with van der Waals surface area (Å²) in [5.74, 6) is -4.70. The topological polar surface area (TPSA) is 133 Å². The molecular weight excluding hydrogens is 605 g/mol. The first-order valence-corrected chi connectivity index (χ1v) is 13.4. The molecule has 2 saturated carbocycles. The molecule has 9 nitrogen and oxygen atoms in total. The van der Waals surface area contributed by atoms with Gasteiger partial charge in [-0.25, -0.2) is 4.79 Å². The van der Waals surface area contributed by atoms with E-state index >= 15 is 0 Å². The van der Waals surface area contributed by atoms with Gasteiger partial charge in [-0.3, -0.25) is 14.1 Å². The van der Waals surface area contributed by atoms with Crippen LogP contribution in [0, 0.1) is 32.7 Å². The summed E-state index contributed by atoms with van der Waals surface area (Å²) in [4.78, 5) is 38.0. The third-order valence-electron chi connectivity index (χ3n) is 7.22. The molecule has 6 atom stereocenters. The Hall–Kier alpha value is -1.87. The highest BCUT2D eigenvalue weighted by atomic mass is 127. The minimum atomic E-state index is -5.68. The molecule has 6 unspecified atom stereocenters. The largest absolute Gasteiger partial charge is 0.465 e. The molecule has 1 aromatic rings. The monoisotopic (exact) mass is 628 g/mol. The molecule has 1 aromatic carbocycles. The maximum Gasteiger partial charge on any atom is 0.375 e. The second-order valence-electron chi connectivity index (χ2n) is 9.69. The Morgan fingerprint density at radius 1 is 1.20 bits per heavy atom. The van der Waals surface area contributed by atoms with Crippen molar-refractivity contribution in [3.63, 3.8) is 0 Å². The molecule has 0 aromatic heterocycles. The van der Waals surface area contributed by atoms with Crippen LogP contribution in [0.1, 0.15) is 37.0 Å². The highest BCUT2D eigenvalue weighted by Crippen LogP contribution is 2.59. The van der Waals surface area contributed by atoms with Crippen LogP contribution in [0.3, 0.4) is 0 Å². The van der Waals surface area contributed by atoms with Crippen LogP contribution in [0.2, 0.25) is 0 Å². The van der Waals surface area contributed by atoms with Crippen LogP contribution in [-0.4, -0.2) is 54.9 Å². The zero-order valence-electron chi connectivity index (χ0n) is 18.7. The first kappa shape index (κ1) is 26.2. The summed E-state index contributed by atoms with van der Waals surface area (Å²) in [5.41, 5.74) is -1.94. The van der Waals surface area contributed by atoms with Gasteiger partial charge in [0.15, 0.2) is 0 Å². The second-order valence-corrected chi connectivity index (χ2v) is 12.4. The van der Waals surface area contributed by atoms with Crippen molar-refractivity contribution in [1.82, 2.24) is 0 Å². The Balaban J connectivity index is 1.44. The molecule has 0 radical (unpaired) electrons. The first-order valence-electron chi connectivity index (χ1n) is 10.8. The Labute approximate surface area is 213 Å². The normalized spacial score (nSPS) is 29.7. The van der Waals surface area contributed by atoms with Crippen molar-refractivity contribution >= 4 is 50.6 Å². The fourth-order valence-electron chi connectivity index (χ4n) is 5.24. The van der Waals surface area contributed by atoms with Gasteiger partial charge in [-0.1, -0.05) is 13.8 Å². The van der Waals surface area contributed by atoms with Crippen molar-refractivity contribution in [2.45, 2.75) is 44.2 Å². The van der Waals surface area contributed by atoms with Crippen molar-refractivity contribution < 1.29 is 50.3 Å². The average molecular weight is 628 g/mol. The third-order valence-corrected chi connectivity index (χ3v) is 9.14. The Bertz CT molecular complexity index is 1150. The highest BCUT2D eigenvalue weighted by Gasteiger charge is 2.70. The Morgan fingerprint density at radius 2 is 1.83 bits per heavy atom. The number of esters is 3. The molecule has 3 aliphatic rings. The number of halogens is 3. The molecule has 13 heteroatoms. The Kier molecular flexibility index (Phi) is 6.67. The minimum absolute atomic E-state index is 0.301. The van der Waals surface area contributed by atoms with Gasteiger partial charge >= 0.3 is 33.3 Å². The lowest BCUT2D eigenvalue weighted by Crippen LogP contribution is -2.45. The van der Waals surface area contributed by atoms with Crippen molar-refractivity contribution in [3.8, 4) is 0 Å². The summed E-state index contributed by atoms with van der Waals surface area (Å²) in [5, 5.41) is -4.46. The van der Waals surface area contributed by atoms with Gasteiger partial charge in [-0.2, -0.15) is 17.2 Å². The van der Waals surface area contributed by atoms with Gasteiger partial charge in [0, 0.05) is 20.8 Å². The van der Waals surface area contributed by atoms with Crippen LogP contribution in [0.4, 0.5) is 8.78 Å². The van der Waals surface area contributed by atoms with Crippen molar-refractivity contribution in [1.29, 1.82) is 0 Å². The molecule has 2 aliphatic carbocycles. The molecule has 1 heterocycles. The number of carbonyl (C=O) groups excluding carboxylic acids is 3. The number of benzene rings is 1. The van der Waals surface area contributed by atoms with Gasteiger partial charge in [0.1, 0.15) is 12.2 Å².